The Labute approximate surface area is 163 Å². The number of nitrogens with one attached hydrogen (secondary N) is 2. The monoisotopic (exact) mass is 412 g/mol. The first-order chi connectivity index (χ1) is 12.6. The van der Waals surface area contributed by atoms with Gasteiger partial charge >= 0.3 is 0 Å². The number of hydrogen-bond acceptors (Lipinski definition) is 7. The molecule has 1 aromatic carbocycles. The second-order valence-electron chi connectivity index (χ2n) is 6.82. The number of rotatable bonds is 8. The molecule has 0 bridgehead atoms. The molecule has 0 unspecified atom stereocenters. The fraction of sp³-hybridized carbons (Fsp3) is 0.471. The van der Waals surface area contributed by atoms with Crippen molar-refractivity contribution in [1.82, 2.24) is 14.9 Å². The lowest BCUT2D eigenvalue weighted by Crippen LogP contribution is -2.28. The number of benzene rings is 1. The first-order valence-corrected chi connectivity index (χ1v) is 10.8. The van der Waals surface area contributed by atoms with E-state index in [1.165, 1.54) is 5.56 Å². The van der Waals surface area contributed by atoms with Crippen LogP contribution in [0.25, 0.3) is 0 Å². The van der Waals surface area contributed by atoms with Crippen LogP contribution in [0.15, 0.2) is 28.6 Å². The minimum absolute atomic E-state index is 0.0845. The molecule has 0 atom stereocenters. The topological polar surface area (TPSA) is 110 Å². The number of aromatic nitrogens is 2. The summed E-state index contributed by atoms with van der Waals surface area (Å²) in [6, 6.07) is 7.63. The van der Waals surface area contributed by atoms with E-state index in [-0.39, 0.29) is 28.5 Å². The van der Waals surface area contributed by atoms with E-state index in [9.17, 15) is 13.2 Å². The highest BCUT2D eigenvalue weighted by molar-refractivity contribution is 7.91. The van der Waals surface area contributed by atoms with E-state index in [0.29, 0.717) is 5.75 Å². The molecule has 27 heavy (non-hydrogen) atoms. The van der Waals surface area contributed by atoms with Crippen molar-refractivity contribution in [2.45, 2.75) is 38.5 Å². The maximum atomic E-state index is 12.3. The first-order valence-electron chi connectivity index (χ1n) is 8.48. The van der Waals surface area contributed by atoms with Crippen molar-refractivity contribution in [3.8, 4) is 5.75 Å². The third-order valence-corrected chi connectivity index (χ3v) is 6.20. The van der Waals surface area contributed by atoms with E-state index in [2.05, 4.69) is 27.2 Å². The molecule has 1 aromatic heterocycles. The van der Waals surface area contributed by atoms with Crippen LogP contribution in [0.4, 0.5) is 5.13 Å². The number of carbonyl (C=O) groups excluding carboxylic acids is 1. The van der Waals surface area contributed by atoms with Crippen LogP contribution in [0.2, 0.25) is 0 Å². The van der Waals surface area contributed by atoms with Crippen LogP contribution in [0.3, 0.4) is 0 Å². The van der Waals surface area contributed by atoms with Crippen molar-refractivity contribution >= 4 is 32.4 Å². The van der Waals surface area contributed by atoms with Crippen molar-refractivity contribution in [3.63, 3.8) is 0 Å². The van der Waals surface area contributed by atoms with Gasteiger partial charge in [0.1, 0.15) is 12.4 Å². The van der Waals surface area contributed by atoms with Gasteiger partial charge in [-0.3, -0.25) is 4.79 Å². The lowest BCUT2D eigenvalue weighted by atomic mass is 9.96. The Kier molecular flexibility index (Phi) is 6.90. The van der Waals surface area contributed by atoms with E-state index < -0.39 is 15.4 Å². The molecule has 0 fully saturated rings. The summed E-state index contributed by atoms with van der Waals surface area (Å²) in [5, 5.41) is 10.1. The number of carbonyl (C=O) groups is 1. The highest BCUT2D eigenvalue weighted by atomic mass is 32.2. The lowest BCUT2D eigenvalue weighted by molar-refractivity contribution is -0.123. The molecule has 0 aliphatic carbocycles. The predicted molar refractivity (Wildman–Crippen MR) is 104 cm³/mol. The Bertz CT molecular complexity index is 871. The number of ether oxygens (including phenoxy) is 1. The van der Waals surface area contributed by atoms with Gasteiger partial charge in [-0.05, 0) is 24.1 Å². The molecule has 0 spiro atoms. The zero-order chi connectivity index (χ0) is 20.1. The minimum atomic E-state index is -3.81. The summed E-state index contributed by atoms with van der Waals surface area (Å²) in [7, 11) is -3.81. The van der Waals surface area contributed by atoms with Gasteiger partial charge in [0.2, 0.25) is 15.4 Å². The zero-order valence-corrected chi connectivity index (χ0v) is 17.4. The third-order valence-electron chi connectivity index (χ3n) is 3.53. The summed E-state index contributed by atoms with van der Waals surface area (Å²) < 4.78 is 32.2. The standard InChI is InChI=1S/C17H24N4O4S2/c1-5-12-6-8-13(9-7-12)25-11-10-18-27(23,24)16-21-20-15(26-16)19-14(22)17(2,3)4/h6-9,18H,5,10-11H2,1-4H3,(H,19,20,22). The van der Waals surface area contributed by atoms with Gasteiger partial charge in [-0.2, -0.15) is 0 Å². The van der Waals surface area contributed by atoms with E-state index in [1.807, 2.05) is 24.3 Å². The van der Waals surface area contributed by atoms with Gasteiger partial charge in [-0.15, -0.1) is 10.2 Å². The highest BCUT2D eigenvalue weighted by Gasteiger charge is 2.25. The van der Waals surface area contributed by atoms with Gasteiger partial charge in [0, 0.05) is 12.0 Å². The van der Waals surface area contributed by atoms with E-state index in [0.717, 1.165) is 17.8 Å². The molecule has 1 amide bonds. The van der Waals surface area contributed by atoms with Gasteiger partial charge < -0.3 is 10.1 Å². The van der Waals surface area contributed by atoms with Crippen molar-refractivity contribution in [2.75, 3.05) is 18.5 Å². The van der Waals surface area contributed by atoms with Crippen molar-refractivity contribution < 1.29 is 17.9 Å². The molecule has 2 rings (SSSR count). The number of amides is 1. The molecule has 0 saturated heterocycles. The second kappa shape index (κ2) is 8.77. The number of hydrogen-bond donors (Lipinski definition) is 2. The average molecular weight is 413 g/mol. The molecule has 10 heteroatoms. The van der Waals surface area contributed by atoms with Gasteiger partial charge in [0.05, 0.1) is 0 Å². The van der Waals surface area contributed by atoms with Crippen LogP contribution >= 0.6 is 11.3 Å². The second-order valence-corrected chi connectivity index (χ2v) is 9.74. The Morgan fingerprint density at radius 2 is 1.85 bits per heavy atom. The summed E-state index contributed by atoms with van der Waals surface area (Å²) in [5.74, 6) is 0.410. The van der Waals surface area contributed by atoms with Crippen molar-refractivity contribution in [3.05, 3.63) is 29.8 Å². The Morgan fingerprint density at radius 3 is 2.44 bits per heavy atom. The van der Waals surface area contributed by atoms with Crippen LogP contribution in [-0.4, -0.2) is 37.7 Å². The molecule has 0 aliphatic rings. The van der Waals surface area contributed by atoms with Crippen LogP contribution < -0.4 is 14.8 Å². The molecule has 2 aromatic rings. The van der Waals surface area contributed by atoms with Crippen molar-refractivity contribution in [1.29, 1.82) is 0 Å². The van der Waals surface area contributed by atoms with Crippen LogP contribution in [-0.2, 0) is 21.2 Å². The van der Waals surface area contributed by atoms with Gasteiger partial charge in [-0.1, -0.05) is 51.2 Å². The normalized spacial score (nSPS) is 12.0. The molecule has 0 saturated carbocycles. The Morgan fingerprint density at radius 1 is 1.19 bits per heavy atom. The summed E-state index contributed by atoms with van der Waals surface area (Å²) in [6.07, 6.45) is 0.945. The number of aryl methyl sites for hydroxylation is 1. The maximum Gasteiger partial charge on any atom is 0.269 e. The average Bonchev–Trinajstić information content (AvgIpc) is 3.08. The first kappa shape index (κ1) is 21.3. The van der Waals surface area contributed by atoms with Gasteiger partial charge in [0.15, 0.2) is 0 Å². The molecular weight excluding hydrogens is 388 g/mol. The minimum Gasteiger partial charge on any atom is -0.492 e. The molecule has 0 radical (unpaired) electrons. The van der Waals surface area contributed by atoms with E-state index in [4.69, 9.17) is 4.74 Å². The van der Waals surface area contributed by atoms with Crippen LogP contribution in [0, 0.1) is 5.41 Å². The van der Waals surface area contributed by atoms with Crippen molar-refractivity contribution in [2.24, 2.45) is 5.41 Å². The Hall–Kier alpha value is -2.04. The van der Waals surface area contributed by atoms with Gasteiger partial charge in [-0.25, -0.2) is 13.1 Å². The fourth-order valence-electron chi connectivity index (χ4n) is 1.88. The molecular formula is C17H24N4O4S2. The quantitative estimate of drug-likeness (QED) is 0.509. The number of nitrogens with zero attached hydrogens (tertiary/aromatic N) is 2. The number of anilines is 1. The fourth-order valence-corrected chi connectivity index (χ4v) is 3.83. The number of sulfonamides is 1. The Balaban J connectivity index is 1.86. The maximum absolute atomic E-state index is 12.3. The highest BCUT2D eigenvalue weighted by Crippen LogP contribution is 2.22. The van der Waals surface area contributed by atoms with Crippen LogP contribution in [0.1, 0.15) is 33.3 Å². The molecule has 0 aliphatic heterocycles. The summed E-state index contributed by atoms with van der Waals surface area (Å²) >= 11 is 0.797. The predicted octanol–water partition coefficient (Wildman–Crippen LogP) is 2.44. The summed E-state index contributed by atoms with van der Waals surface area (Å²) in [5.41, 5.74) is 0.587. The largest absolute Gasteiger partial charge is 0.492 e. The van der Waals surface area contributed by atoms with E-state index in [1.54, 1.807) is 20.8 Å². The lowest BCUT2D eigenvalue weighted by Gasteiger charge is -2.15. The SMILES string of the molecule is CCc1ccc(OCCNS(=O)(=O)c2nnc(NC(=O)C(C)(C)C)s2)cc1. The smallest absolute Gasteiger partial charge is 0.269 e. The molecule has 2 N–H and O–H groups in total. The van der Waals surface area contributed by atoms with Crippen LogP contribution in [0.5, 0.6) is 5.75 Å². The summed E-state index contributed by atoms with van der Waals surface area (Å²) in [6.45, 7) is 7.57. The summed E-state index contributed by atoms with van der Waals surface area (Å²) in [4.78, 5) is 11.9. The van der Waals surface area contributed by atoms with Gasteiger partial charge in [0.25, 0.3) is 10.0 Å². The molecule has 148 valence electrons. The van der Waals surface area contributed by atoms with E-state index >= 15 is 0 Å². The molecule has 8 nitrogen and oxygen atoms in total. The zero-order valence-electron chi connectivity index (χ0n) is 15.8. The molecule has 1 heterocycles. The third kappa shape index (κ3) is 6.26.